The highest BCUT2D eigenvalue weighted by Crippen LogP contribution is 2.45. The van der Waals surface area contributed by atoms with Gasteiger partial charge in [-0.1, -0.05) is 5.16 Å². The van der Waals surface area contributed by atoms with E-state index < -0.39 is 0 Å². The normalized spacial score (nSPS) is 39.8. The number of rotatable bonds is 3. The number of hydrogen-bond donors (Lipinski definition) is 2. The van der Waals surface area contributed by atoms with Crippen molar-refractivity contribution < 1.29 is 10.3 Å². The van der Waals surface area contributed by atoms with Crippen LogP contribution in [0.2, 0.25) is 0 Å². The van der Waals surface area contributed by atoms with Crippen LogP contribution >= 0.6 is 0 Å². The number of β-amino-alcohol motifs (C(OH)–C–C–N with tert-alkyl or cyclic N) is 1. The van der Waals surface area contributed by atoms with Crippen molar-refractivity contribution in [1.29, 1.82) is 0 Å². The lowest BCUT2D eigenvalue weighted by atomic mass is 9.91. The van der Waals surface area contributed by atoms with E-state index in [2.05, 4.69) is 15.0 Å². The summed E-state index contributed by atoms with van der Waals surface area (Å²) in [6.07, 6.45) is 3.73. The summed E-state index contributed by atoms with van der Waals surface area (Å²) in [6.45, 7) is 5.14. The molecule has 3 atom stereocenters. The summed E-state index contributed by atoms with van der Waals surface area (Å²) in [5.74, 6) is 1.26. The van der Waals surface area contributed by atoms with Crippen LogP contribution in [-0.4, -0.2) is 71.2 Å². The molecular weight excluding hydrogens is 230 g/mol. The molecule has 3 unspecified atom stereocenters. The van der Waals surface area contributed by atoms with Crippen LogP contribution in [0.5, 0.6) is 0 Å². The maximum atomic E-state index is 9.24. The molecule has 3 aliphatic rings. The summed E-state index contributed by atoms with van der Waals surface area (Å²) in [4.78, 5) is 4.80. The molecule has 3 fully saturated rings. The Morgan fingerprint density at radius 2 is 1.94 bits per heavy atom. The number of oxime groups is 1. The largest absolute Gasteiger partial charge is 0.411 e. The van der Waals surface area contributed by atoms with Crippen molar-refractivity contribution in [2.75, 3.05) is 39.3 Å². The number of nitrogens with zero attached hydrogens (tertiary/aromatic N) is 3. The zero-order valence-corrected chi connectivity index (χ0v) is 10.8. The molecule has 1 aliphatic heterocycles. The van der Waals surface area contributed by atoms with E-state index in [4.69, 9.17) is 5.11 Å². The molecular formula is C13H23N3O2. The molecule has 18 heavy (non-hydrogen) atoms. The van der Waals surface area contributed by atoms with Crippen LogP contribution in [0, 0.1) is 11.8 Å². The third kappa shape index (κ3) is 2.04. The van der Waals surface area contributed by atoms with Crippen LogP contribution in [0.25, 0.3) is 0 Å². The Labute approximate surface area is 108 Å². The van der Waals surface area contributed by atoms with Gasteiger partial charge < -0.3 is 10.3 Å². The summed E-state index contributed by atoms with van der Waals surface area (Å²) < 4.78 is 0. The minimum Gasteiger partial charge on any atom is -0.411 e. The maximum absolute atomic E-state index is 9.24. The summed E-state index contributed by atoms with van der Waals surface area (Å²) in [7, 11) is 0. The van der Waals surface area contributed by atoms with Gasteiger partial charge in [0.15, 0.2) is 0 Å². The first-order valence-corrected chi connectivity index (χ1v) is 7.12. The minimum absolute atomic E-state index is 0.247. The van der Waals surface area contributed by atoms with E-state index in [-0.39, 0.29) is 6.61 Å². The second-order valence-electron chi connectivity index (χ2n) is 5.84. The second-order valence-corrected chi connectivity index (χ2v) is 5.84. The fourth-order valence-corrected chi connectivity index (χ4v) is 4.09. The molecule has 2 bridgehead atoms. The van der Waals surface area contributed by atoms with Gasteiger partial charge in [0.1, 0.15) is 0 Å². The van der Waals surface area contributed by atoms with E-state index in [0.29, 0.717) is 17.9 Å². The molecule has 1 saturated heterocycles. The molecule has 0 amide bonds. The summed E-state index contributed by atoms with van der Waals surface area (Å²) in [6, 6.07) is 0.394. The first-order valence-electron chi connectivity index (χ1n) is 7.12. The van der Waals surface area contributed by atoms with Crippen LogP contribution in [0.1, 0.15) is 19.3 Å². The van der Waals surface area contributed by atoms with Crippen molar-refractivity contribution >= 4 is 5.71 Å². The highest BCUT2D eigenvalue weighted by atomic mass is 16.4. The van der Waals surface area contributed by atoms with Gasteiger partial charge in [0.25, 0.3) is 0 Å². The summed E-state index contributed by atoms with van der Waals surface area (Å²) in [5, 5.41) is 21.8. The number of aliphatic hydroxyl groups excluding tert-OH is 1. The average molecular weight is 253 g/mol. The topological polar surface area (TPSA) is 59.3 Å². The molecule has 0 aromatic rings. The van der Waals surface area contributed by atoms with Gasteiger partial charge in [-0.2, -0.15) is 0 Å². The van der Waals surface area contributed by atoms with Gasteiger partial charge >= 0.3 is 0 Å². The standard InChI is InChI=1S/C13H23N3O2/c17-8-7-15-3-5-16(6-4-15)13-11-2-1-10(9-11)12(13)14-18/h10-11,13,17-18H,1-9H2. The SMILES string of the molecule is OCCN1CCN(C2C(=NO)C3CCC2C3)CC1. The maximum Gasteiger partial charge on any atom is 0.0775 e. The highest BCUT2D eigenvalue weighted by Gasteiger charge is 2.48. The zero-order valence-electron chi connectivity index (χ0n) is 10.8. The molecule has 5 heteroatoms. The predicted molar refractivity (Wildman–Crippen MR) is 68.9 cm³/mol. The van der Waals surface area contributed by atoms with Crippen LogP contribution in [-0.2, 0) is 0 Å². The van der Waals surface area contributed by atoms with Crippen molar-refractivity contribution in [3.05, 3.63) is 0 Å². The quantitative estimate of drug-likeness (QED) is 0.558. The minimum atomic E-state index is 0.247. The lowest BCUT2D eigenvalue weighted by molar-refractivity contribution is 0.0863. The predicted octanol–water partition coefficient (Wildman–Crippen LogP) is 0.225. The average Bonchev–Trinajstić information content (AvgIpc) is 3.00. The number of fused-ring (bicyclic) bond motifs is 2. The summed E-state index contributed by atoms with van der Waals surface area (Å²) >= 11 is 0. The number of aliphatic hydroxyl groups is 1. The lowest BCUT2D eigenvalue weighted by Gasteiger charge is -2.40. The summed E-state index contributed by atoms with van der Waals surface area (Å²) in [5.41, 5.74) is 1.04. The molecule has 102 valence electrons. The van der Waals surface area contributed by atoms with Crippen molar-refractivity contribution in [3.8, 4) is 0 Å². The molecule has 0 spiro atoms. The lowest BCUT2D eigenvalue weighted by Crippen LogP contribution is -2.54. The Morgan fingerprint density at radius 3 is 2.61 bits per heavy atom. The van der Waals surface area contributed by atoms with E-state index in [1.54, 1.807) is 0 Å². The van der Waals surface area contributed by atoms with Crippen molar-refractivity contribution in [1.82, 2.24) is 9.80 Å². The fourth-order valence-electron chi connectivity index (χ4n) is 4.09. The Morgan fingerprint density at radius 1 is 1.17 bits per heavy atom. The molecule has 1 heterocycles. The molecule has 5 nitrogen and oxygen atoms in total. The van der Waals surface area contributed by atoms with E-state index >= 15 is 0 Å². The van der Waals surface area contributed by atoms with E-state index in [0.717, 1.165) is 38.4 Å². The molecule has 3 rings (SSSR count). The monoisotopic (exact) mass is 253 g/mol. The van der Waals surface area contributed by atoms with Crippen LogP contribution < -0.4 is 0 Å². The molecule has 2 N–H and O–H groups in total. The molecule has 2 saturated carbocycles. The smallest absolute Gasteiger partial charge is 0.0775 e. The van der Waals surface area contributed by atoms with Gasteiger partial charge in [-0.15, -0.1) is 0 Å². The molecule has 0 radical (unpaired) electrons. The van der Waals surface area contributed by atoms with E-state index in [1.807, 2.05) is 0 Å². The van der Waals surface area contributed by atoms with Gasteiger partial charge in [0.2, 0.25) is 0 Å². The third-order valence-electron chi connectivity index (χ3n) is 4.97. The van der Waals surface area contributed by atoms with Crippen LogP contribution in [0.4, 0.5) is 0 Å². The van der Waals surface area contributed by atoms with Crippen LogP contribution in [0.15, 0.2) is 5.16 Å². The van der Waals surface area contributed by atoms with Gasteiger partial charge in [0, 0.05) is 38.6 Å². The number of hydrogen-bond acceptors (Lipinski definition) is 5. The zero-order chi connectivity index (χ0) is 12.5. The first-order chi connectivity index (χ1) is 8.83. The van der Waals surface area contributed by atoms with E-state index in [1.165, 1.54) is 19.3 Å². The first kappa shape index (κ1) is 12.4. The van der Waals surface area contributed by atoms with Gasteiger partial charge in [-0.05, 0) is 25.2 Å². The molecule has 0 aromatic carbocycles. The van der Waals surface area contributed by atoms with Crippen LogP contribution in [0.3, 0.4) is 0 Å². The second kappa shape index (κ2) is 5.15. The molecule has 0 aromatic heterocycles. The molecule has 2 aliphatic carbocycles. The van der Waals surface area contributed by atoms with Gasteiger partial charge in [-0.3, -0.25) is 9.80 Å². The van der Waals surface area contributed by atoms with Crippen molar-refractivity contribution in [2.45, 2.75) is 25.3 Å². The Hall–Kier alpha value is -0.650. The Kier molecular flexibility index (Phi) is 3.54. The highest BCUT2D eigenvalue weighted by molar-refractivity contribution is 5.94. The number of piperazine rings is 1. The van der Waals surface area contributed by atoms with E-state index in [9.17, 15) is 5.21 Å². The van der Waals surface area contributed by atoms with Gasteiger partial charge in [0.05, 0.1) is 18.4 Å². The van der Waals surface area contributed by atoms with Gasteiger partial charge in [-0.25, -0.2) is 0 Å². The Bertz CT molecular complexity index is 326. The van der Waals surface area contributed by atoms with Crippen molar-refractivity contribution in [2.24, 2.45) is 17.0 Å². The fraction of sp³-hybridized carbons (Fsp3) is 0.923. The third-order valence-corrected chi connectivity index (χ3v) is 4.97. The van der Waals surface area contributed by atoms with Crippen molar-refractivity contribution in [3.63, 3.8) is 0 Å². The Balaban J connectivity index is 1.62.